The Labute approximate surface area is 89.6 Å². The van der Waals surface area contributed by atoms with E-state index in [-0.39, 0.29) is 12.4 Å². The molecule has 0 unspecified atom stereocenters. The summed E-state index contributed by atoms with van der Waals surface area (Å²) < 4.78 is 0. The molecule has 0 aromatic heterocycles. The summed E-state index contributed by atoms with van der Waals surface area (Å²) in [6, 6.07) is 0. The Kier molecular flexibility index (Phi) is 14.3. The molecule has 0 bridgehead atoms. The number of nitrogens with one attached hydrogen (secondary N) is 1. The van der Waals surface area contributed by atoms with Crippen LogP contribution in [0.1, 0.15) is 38.5 Å². The van der Waals surface area contributed by atoms with Crippen LogP contribution in [0.25, 0.3) is 0 Å². The minimum Gasteiger partial charge on any atom is -1.00 e. The van der Waals surface area contributed by atoms with Gasteiger partial charge in [-0.05, 0) is 25.7 Å². The Bertz CT molecular complexity index is 102. The Morgan fingerprint density at radius 3 is 2.08 bits per heavy atom. The van der Waals surface area contributed by atoms with Crippen LogP contribution in [0.4, 0.5) is 0 Å². The summed E-state index contributed by atoms with van der Waals surface area (Å²) in [4.78, 5) is 1.57. The van der Waals surface area contributed by atoms with Crippen LogP contribution in [0.2, 0.25) is 0 Å². The SMILES string of the molecule is C=CCCCCCCC[NH+](C)C.[Cl-]. The van der Waals surface area contributed by atoms with Crippen molar-refractivity contribution in [1.29, 1.82) is 0 Å². The highest BCUT2D eigenvalue weighted by atomic mass is 35.5. The van der Waals surface area contributed by atoms with Crippen LogP contribution < -0.4 is 17.3 Å². The van der Waals surface area contributed by atoms with E-state index >= 15 is 0 Å². The normalized spacial score (nSPS) is 9.77. The van der Waals surface area contributed by atoms with Gasteiger partial charge in [0.1, 0.15) is 0 Å². The van der Waals surface area contributed by atoms with Gasteiger partial charge in [0.15, 0.2) is 0 Å². The lowest BCUT2D eigenvalue weighted by molar-refractivity contribution is -0.858. The van der Waals surface area contributed by atoms with Crippen LogP contribution in [0, 0.1) is 0 Å². The number of unbranched alkanes of at least 4 members (excludes halogenated alkanes) is 5. The summed E-state index contributed by atoms with van der Waals surface area (Å²) in [6.45, 7) is 5.04. The maximum Gasteiger partial charge on any atom is 0.0766 e. The van der Waals surface area contributed by atoms with Crippen LogP contribution in [0.15, 0.2) is 12.7 Å². The molecule has 0 saturated carbocycles. The number of hydrogen-bond acceptors (Lipinski definition) is 0. The molecule has 13 heavy (non-hydrogen) atoms. The van der Waals surface area contributed by atoms with Gasteiger partial charge in [-0.1, -0.05) is 18.9 Å². The van der Waals surface area contributed by atoms with Crippen molar-refractivity contribution in [2.75, 3.05) is 20.6 Å². The number of allylic oxidation sites excluding steroid dienone is 1. The Hall–Kier alpha value is -0.0100. The Morgan fingerprint density at radius 1 is 1.00 bits per heavy atom. The van der Waals surface area contributed by atoms with Crippen LogP contribution in [-0.4, -0.2) is 20.6 Å². The van der Waals surface area contributed by atoms with Crippen molar-refractivity contribution in [2.24, 2.45) is 0 Å². The first-order chi connectivity index (χ1) is 5.77. The molecule has 0 amide bonds. The standard InChI is InChI=1S/C11H23N.ClH/c1-4-5-6-7-8-9-10-11-12(2)3;/h4H,1,5-11H2,2-3H3;1H. The van der Waals surface area contributed by atoms with Crippen LogP contribution in [-0.2, 0) is 0 Å². The second kappa shape index (κ2) is 12.0. The van der Waals surface area contributed by atoms with Crippen molar-refractivity contribution < 1.29 is 17.3 Å². The molecular weight excluding hydrogens is 182 g/mol. The van der Waals surface area contributed by atoms with Crippen molar-refractivity contribution in [1.82, 2.24) is 0 Å². The third-order valence-electron chi connectivity index (χ3n) is 2.09. The van der Waals surface area contributed by atoms with E-state index in [0.717, 1.165) is 0 Å². The molecule has 0 atom stereocenters. The van der Waals surface area contributed by atoms with Gasteiger partial charge in [-0.3, -0.25) is 0 Å². The van der Waals surface area contributed by atoms with Crippen molar-refractivity contribution in [2.45, 2.75) is 38.5 Å². The quantitative estimate of drug-likeness (QED) is 0.370. The average Bonchev–Trinajstić information content (AvgIpc) is 2.02. The van der Waals surface area contributed by atoms with E-state index in [2.05, 4.69) is 20.7 Å². The van der Waals surface area contributed by atoms with E-state index in [1.54, 1.807) is 4.90 Å². The maximum absolute atomic E-state index is 3.71. The average molecular weight is 206 g/mol. The first-order valence-electron chi connectivity index (χ1n) is 5.17. The minimum absolute atomic E-state index is 0. The Morgan fingerprint density at radius 2 is 1.54 bits per heavy atom. The molecule has 0 spiro atoms. The van der Waals surface area contributed by atoms with Gasteiger partial charge in [0, 0.05) is 0 Å². The Balaban J connectivity index is 0. The smallest absolute Gasteiger partial charge is 0.0766 e. The number of rotatable bonds is 8. The van der Waals surface area contributed by atoms with Gasteiger partial charge in [0.05, 0.1) is 20.6 Å². The van der Waals surface area contributed by atoms with Crippen LogP contribution >= 0.6 is 0 Å². The van der Waals surface area contributed by atoms with Gasteiger partial charge < -0.3 is 17.3 Å². The largest absolute Gasteiger partial charge is 1.00 e. The molecule has 0 rings (SSSR count). The number of quaternary nitrogens is 1. The van der Waals surface area contributed by atoms with Gasteiger partial charge in [0.2, 0.25) is 0 Å². The van der Waals surface area contributed by atoms with E-state index < -0.39 is 0 Å². The fourth-order valence-corrected chi connectivity index (χ4v) is 1.30. The molecule has 0 aromatic rings. The van der Waals surface area contributed by atoms with E-state index in [1.807, 2.05) is 6.08 Å². The van der Waals surface area contributed by atoms with E-state index in [0.29, 0.717) is 0 Å². The molecule has 0 radical (unpaired) electrons. The second-order valence-electron chi connectivity index (χ2n) is 3.80. The summed E-state index contributed by atoms with van der Waals surface area (Å²) >= 11 is 0. The van der Waals surface area contributed by atoms with E-state index in [4.69, 9.17) is 0 Å². The monoisotopic (exact) mass is 205 g/mol. The molecule has 0 saturated heterocycles. The first kappa shape index (κ1) is 15.5. The highest BCUT2D eigenvalue weighted by Gasteiger charge is 1.93. The zero-order valence-electron chi connectivity index (χ0n) is 9.11. The van der Waals surface area contributed by atoms with Gasteiger partial charge in [-0.2, -0.15) is 0 Å². The van der Waals surface area contributed by atoms with Crippen LogP contribution in [0.5, 0.6) is 0 Å². The lowest BCUT2D eigenvalue weighted by Crippen LogP contribution is -3.05. The lowest BCUT2D eigenvalue weighted by atomic mass is 10.1. The predicted octanol–water partition coefficient (Wildman–Crippen LogP) is -1.34. The molecule has 0 aromatic carbocycles. The topological polar surface area (TPSA) is 4.44 Å². The molecule has 0 aliphatic heterocycles. The van der Waals surface area contributed by atoms with E-state index in [1.165, 1.54) is 45.1 Å². The van der Waals surface area contributed by atoms with Gasteiger partial charge in [-0.15, -0.1) is 6.58 Å². The van der Waals surface area contributed by atoms with Gasteiger partial charge in [0.25, 0.3) is 0 Å². The molecular formula is C11H24ClN. The number of halogens is 1. The minimum atomic E-state index is 0. The van der Waals surface area contributed by atoms with Crippen LogP contribution in [0.3, 0.4) is 0 Å². The van der Waals surface area contributed by atoms with Crippen molar-refractivity contribution >= 4 is 0 Å². The van der Waals surface area contributed by atoms with Gasteiger partial charge >= 0.3 is 0 Å². The van der Waals surface area contributed by atoms with Gasteiger partial charge in [-0.25, -0.2) is 0 Å². The summed E-state index contributed by atoms with van der Waals surface area (Å²) in [5.41, 5.74) is 0. The summed E-state index contributed by atoms with van der Waals surface area (Å²) in [6.07, 6.45) is 10.1. The summed E-state index contributed by atoms with van der Waals surface area (Å²) in [5.74, 6) is 0. The fraction of sp³-hybridized carbons (Fsp3) is 0.818. The molecule has 2 heteroatoms. The maximum atomic E-state index is 3.71. The second-order valence-corrected chi connectivity index (χ2v) is 3.80. The van der Waals surface area contributed by atoms with Crippen molar-refractivity contribution in [3.63, 3.8) is 0 Å². The highest BCUT2D eigenvalue weighted by Crippen LogP contribution is 2.04. The third-order valence-corrected chi connectivity index (χ3v) is 2.09. The van der Waals surface area contributed by atoms with Crippen molar-refractivity contribution in [3.05, 3.63) is 12.7 Å². The summed E-state index contributed by atoms with van der Waals surface area (Å²) in [5, 5.41) is 0. The van der Waals surface area contributed by atoms with Crippen molar-refractivity contribution in [3.8, 4) is 0 Å². The first-order valence-corrected chi connectivity index (χ1v) is 5.17. The summed E-state index contributed by atoms with van der Waals surface area (Å²) in [7, 11) is 4.44. The zero-order chi connectivity index (χ0) is 9.23. The molecule has 0 aliphatic carbocycles. The number of hydrogen-bond donors (Lipinski definition) is 1. The predicted molar refractivity (Wildman–Crippen MR) is 55.6 cm³/mol. The molecule has 0 heterocycles. The molecule has 1 nitrogen and oxygen atoms in total. The lowest BCUT2D eigenvalue weighted by Gasteiger charge is -2.05. The molecule has 1 N–H and O–H groups in total. The van der Waals surface area contributed by atoms with E-state index in [9.17, 15) is 0 Å². The highest BCUT2D eigenvalue weighted by molar-refractivity contribution is 4.65. The zero-order valence-corrected chi connectivity index (χ0v) is 9.87. The third kappa shape index (κ3) is 14.8. The molecule has 80 valence electrons. The molecule has 0 fully saturated rings. The fourth-order valence-electron chi connectivity index (χ4n) is 1.30. The molecule has 0 aliphatic rings.